The van der Waals surface area contributed by atoms with E-state index in [4.69, 9.17) is 20.6 Å². The maximum Gasteiger partial charge on any atom is 0.261 e. The highest BCUT2D eigenvalue weighted by Crippen LogP contribution is 2.29. The van der Waals surface area contributed by atoms with Crippen LogP contribution in [0.2, 0.25) is 0 Å². The number of nitrogens with one attached hydrogen (secondary N) is 1. The molecule has 0 atom stereocenters. The van der Waals surface area contributed by atoms with Gasteiger partial charge in [-0.25, -0.2) is 0 Å². The molecule has 0 spiro atoms. The van der Waals surface area contributed by atoms with Gasteiger partial charge in [-0.2, -0.15) is 5.26 Å². The summed E-state index contributed by atoms with van der Waals surface area (Å²) in [5.41, 5.74) is 0.670. The standard InChI is InChI=1S/C20H24N2O4/c1-4-11-26-18-9-8-16(14-19(18)25-6-3)13-17(15-21)20(23)22-10-7-12-24-5-2/h1,8-9,13-14H,5-7,10-12H2,2-3H3,(H,22,23)/b17-13+. The Morgan fingerprint density at radius 2 is 2.08 bits per heavy atom. The Bertz CT molecular complexity index is 699. The first-order chi connectivity index (χ1) is 12.7. The quantitative estimate of drug-likeness (QED) is 0.285. The molecule has 6 nitrogen and oxygen atoms in total. The highest BCUT2D eigenvalue weighted by atomic mass is 16.5. The van der Waals surface area contributed by atoms with Gasteiger partial charge in [-0.05, 0) is 44.0 Å². The maximum absolute atomic E-state index is 12.1. The second-order valence-electron chi connectivity index (χ2n) is 5.11. The van der Waals surface area contributed by atoms with Gasteiger partial charge in [0.25, 0.3) is 5.91 Å². The highest BCUT2D eigenvalue weighted by molar-refractivity contribution is 6.01. The van der Waals surface area contributed by atoms with Crippen LogP contribution in [0.15, 0.2) is 23.8 Å². The van der Waals surface area contributed by atoms with Gasteiger partial charge in [0.1, 0.15) is 18.2 Å². The van der Waals surface area contributed by atoms with Crippen molar-refractivity contribution in [2.24, 2.45) is 0 Å². The van der Waals surface area contributed by atoms with Gasteiger partial charge in [0.05, 0.1) is 6.61 Å². The number of benzene rings is 1. The summed E-state index contributed by atoms with van der Waals surface area (Å²) in [5, 5.41) is 12.0. The SMILES string of the molecule is C#CCOc1ccc(/C=C(\C#N)C(=O)NCCCOCC)cc1OCC. The van der Waals surface area contributed by atoms with Gasteiger partial charge in [0, 0.05) is 19.8 Å². The topological polar surface area (TPSA) is 80.6 Å². The fraction of sp³-hybridized carbons (Fsp3) is 0.400. The molecule has 0 unspecified atom stereocenters. The lowest BCUT2D eigenvalue weighted by atomic mass is 10.1. The largest absolute Gasteiger partial charge is 0.490 e. The number of hydrogen-bond acceptors (Lipinski definition) is 5. The van der Waals surface area contributed by atoms with E-state index in [-0.39, 0.29) is 12.2 Å². The third-order valence-corrected chi connectivity index (χ3v) is 3.21. The number of hydrogen-bond donors (Lipinski definition) is 1. The third kappa shape index (κ3) is 7.29. The van der Waals surface area contributed by atoms with E-state index in [2.05, 4.69) is 11.2 Å². The van der Waals surface area contributed by atoms with Crippen LogP contribution < -0.4 is 14.8 Å². The number of carbonyl (C=O) groups excluding carboxylic acids is 1. The van der Waals surface area contributed by atoms with Gasteiger partial charge in [-0.3, -0.25) is 4.79 Å². The van der Waals surface area contributed by atoms with Crippen LogP contribution in [-0.2, 0) is 9.53 Å². The Balaban J connectivity index is 2.84. The second-order valence-corrected chi connectivity index (χ2v) is 5.11. The zero-order valence-electron chi connectivity index (χ0n) is 15.2. The summed E-state index contributed by atoms with van der Waals surface area (Å²) in [7, 11) is 0. The molecule has 1 aromatic carbocycles. The van der Waals surface area contributed by atoms with Crippen LogP contribution in [-0.4, -0.2) is 38.9 Å². The molecule has 0 saturated heterocycles. The van der Waals surface area contributed by atoms with Crippen LogP contribution in [0.25, 0.3) is 6.08 Å². The van der Waals surface area contributed by atoms with E-state index >= 15 is 0 Å². The highest BCUT2D eigenvalue weighted by Gasteiger charge is 2.10. The molecule has 0 heterocycles. The van der Waals surface area contributed by atoms with Gasteiger partial charge < -0.3 is 19.5 Å². The van der Waals surface area contributed by atoms with Crippen molar-refractivity contribution in [3.05, 3.63) is 29.3 Å². The first kappa shape index (κ1) is 21.1. The van der Waals surface area contributed by atoms with Crippen molar-refractivity contribution in [2.75, 3.05) is 33.0 Å². The van der Waals surface area contributed by atoms with Crippen LogP contribution in [0.4, 0.5) is 0 Å². The molecule has 0 aliphatic rings. The van der Waals surface area contributed by atoms with Crippen LogP contribution >= 0.6 is 0 Å². The Morgan fingerprint density at radius 3 is 2.73 bits per heavy atom. The molecule has 6 heteroatoms. The molecule has 1 rings (SSSR count). The monoisotopic (exact) mass is 356 g/mol. The van der Waals surface area contributed by atoms with Gasteiger partial charge in [-0.15, -0.1) is 6.42 Å². The minimum absolute atomic E-state index is 0.0150. The van der Waals surface area contributed by atoms with Gasteiger partial charge in [0.2, 0.25) is 0 Å². The van der Waals surface area contributed by atoms with E-state index in [0.29, 0.717) is 49.8 Å². The Labute approximate surface area is 154 Å². The van der Waals surface area contributed by atoms with Crippen molar-refractivity contribution in [1.82, 2.24) is 5.32 Å². The molecule has 0 aliphatic heterocycles. The molecule has 0 bridgehead atoms. The second kappa shape index (κ2) is 12.4. The lowest BCUT2D eigenvalue weighted by Crippen LogP contribution is -2.26. The fourth-order valence-electron chi connectivity index (χ4n) is 2.05. The van der Waals surface area contributed by atoms with Crippen molar-refractivity contribution >= 4 is 12.0 Å². The van der Waals surface area contributed by atoms with E-state index in [1.807, 2.05) is 19.9 Å². The zero-order chi connectivity index (χ0) is 19.2. The molecule has 0 aliphatic carbocycles. The van der Waals surface area contributed by atoms with Crippen LogP contribution in [0, 0.1) is 23.7 Å². The molecule has 0 aromatic heterocycles. The number of ether oxygens (including phenoxy) is 3. The summed E-state index contributed by atoms with van der Waals surface area (Å²) in [6, 6.07) is 7.05. The van der Waals surface area contributed by atoms with E-state index in [0.717, 1.165) is 0 Å². The normalized spacial score (nSPS) is 10.5. The minimum atomic E-state index is -0.422. The van der Waals surface area contributed by atoms with E-state index in [1.165, 1.54) is 6.08 Å². The molecular formula is C20H24N2O4. The van der Waals surface area contributed by atoms with Gasteiger partial charge in [-0.1, -0.05) is 12.0 Å². The Kier molecular flexibility index (Phi) is 10.1. The Morgan fingerprint density at radius 1 is 1.27 bits per heavy atom. The molecule has 0 radical (unpaired) electrons. The van der Waals surface area contributed by atoms with Crippen molar-refractivity contribution in [3.8, 4) is 29.9 Å². The average Bonchev–Trinajstić information content (AvgIpc) is 2.65. The van der Waals surface area contributed by atoms with Crippen molar-refractivity contribution in [3.63, 3.8) is 0 Å². The average molecular weight is 356 g/mol. The summed E-state index contributed by atoms with van der Waals surface area (Å²) in [5.74, 6) is 2.99. The summed E-state index contributed by atoms with van der Waals surface area (Å²) >= 11 is 0. The molecule has 1 amide bonds. The van der Waals surface area contributed by atoms with E-state index < -0.39 is 5.91 Å². The zero-order valence-corrected chi connectivity index (χ0v) is 15.2. The summed E-state index contributed by atoms with van der Waals surface area (Å²) in [6.07, 6.45) is 7.39. The number of terminal acetylenes is 1. The smallest absolute Gasteiger partial charge is 0.261 e. The molecule has 0 fully saturated rings. The van der Waals surface area contributed by atoms with Gasteiger partial charge in [0.15, 0.2) is 11.5 Å². The number of nitriles is 1. The van der Waals surface area contributed by atoms with Gasteiger partial charge >= 0.3 is 0 Å². The number of rotatable bonds is 11. The van der Waals surface area contributed by atoms with Crippen LogP contribution in [0.1, 0.15) is 25.8 Å². The van der Waals surface area contributed by atoms with Crippen molar-refractivity contribution in [2.45, 2.75) is 20.3 Å². The fourth-order valence-corrected chi connectivity index (χ4v) is 2.05. The first-order valence-electron chi connectivity index (χ1n) is 8.47. The van der Waals surface area contributed by atoms with Crippen LogP contribution in [0.3, 0.4) is 0 Å². The molecule has 1 N–H and O–H groups in total. The predicted octanol–water partition coefficient (Wildman–Crippen LogP) is 2.55. The minimum Gasteiger partial charge on any atom is -0.490 e. The maximum atomic E-state index is 12.1. The number of nitrogens with zero attached hydrogens (tertiary/aromatic N) is 1. The van der Waals surface area contributed by atoms with Crippen LogP contribution in [0.5, 0.6) is 11.5 Å². The third-order valence-electron chi connectivity index (χ3n) is 3.21. The van der Waals surface area contributed by atoms with E-state index in [1.54, 1.807) is 18.2 Å². The first-order valence-corrected chi connectivity index (χ1v) is 8.47. The molecule has 1 aromatic rings. The van der Waals surface area contributed by atoms with Crippen molar-refractivity contribution in [1.29, 1.82) is 5.26 Å². The van der Waals surface area contributed by atoms with E-state index in [9.17, 15) is 10.1 Å². The molecular weight excluding hydrogens is 332 g/mol. The van der Waals surface area contributed by atoms with Crippen molar-refractivity contribution < 1.29 is 19.0 Å². The molecule has 26 heavy (non-hydrogen) atoms. The lowest BCUT2D eigenvalue weighted by Gasteiger charge is -2.11. The number of amides is 1. The number of carbonyl (C=O) groups is 1. The summed E-state index contributed by atoms with van der Waals surface area (Å²) in [6.45, 7) is 5.99. The molecule has 0 saturated carbocycles. The summed E-state index contributed by atoms with van der Waals surface area (Å²) < 4.78 is 16.2. The Hall–Kier alpha value is -2.96. The lowest BCUT2D eigenvalue weighted by molar-refractivity contribution is -0.117. The summed E-state index contributed by atoms with van der Waals surface area (Å²) in [4.78, 5) is 12.1. The molecule has 138 valence electrons. The predicted molar refractivity (Wildman–Crippen MR) is 99.6 cm³/mol.